The van der Waals surface area contributed by atoms with Crippen molar-refractivity contribution in [1.82, 2.24) is 29.7 Å². The number of anilines is 1. The van der Waals surface area contributed by atoms with Gasteiger partial charge in [-0.1, -0.05) is 34.8 Å². The van der Waals surface area contributed by atoms with E-state index in [1.807, 2.05) is 34.9 Å². The number of carbonyl (C=O) groups excluding carboxylic acids is 1. The third-order valence-corrected chi connectivity index (χ3v) is 8.38. The maximum Gasteiger partial charge on any atom is 0.241 e. The van der Waals surface area contributed by atoms with Crippen LogP contribution in [0.15, 0.2) is 48.8 Å². The second kappa shape index (κ2) is 9.68. The van der Waals surface area contributed by atoms with Crippen molar-refractivity contribution >= 4 is 57.7 Å². The second-order valence-electron chi connectivity index (χ2n) is 9.99. The van der Waals surface area contributed by atoms with Crippen LogP contribution in [0.1, 0.15) is 26.7 Å². The van der Waals surface area contributed by atoms with E-state index in [0.29, 0.717) is 64.7 Å². The van der Waals surface area contributed by atoms with Crippen LogP contribution in [0.5, 0.6) is 0 Å². The predicted octanol–water partition coefficient (Wildman–Crippen LogP) is 5.58. The molecule has 1 spiro atoms. The van der Waals surface area contributed by atoms with Gasteiger partial charge in [-0.2, -0.15) is 0 Å². The van der Waals surface area contributed by atoms with Gasteiger partial charge in [0.2, 0.25) is 5.91 Å². The minimum absolute atomic E-state index is 0.116. The van der Waals surface area contributed by atoms with Gasteiger partial charge in [-0.15, -0.1) is 0 Å². The quantitative estimate of drug-likeness (QED) is 0.345. The lowest BCUT2D eigenvalue weighted by molar-refractivity contribution is -0.128. The van der Waals surface area contributed by atoms with Gasteiger partial charge in [0, 0.05) is 40.4 Å². The standard InChI is InChI=1S/C27H26Cl3N7O/c1-16(2)36-15-33-26(38)27(36)9-11-35(12-10-27)24-22-25(32-14-31-24)37(19-6-3-17(28)4-7-19)23(34-22)20-8-5-18(29)13-21(20)30/h3-8,13-14,16H,9-12,15H2,1-2H3,(H,33,38). The molecule has 0 atom stereocenters. The maximum atomic E-state index is 12.9. The van der Waals surface area contributed by atoms with E-state index in [4.69, 9.17) is 39.8 Å². The Kier molecular flexibility index (Phi) is 6.46. The fraction of sp³-hybridized carbons (Fsp3) is 0.333. The summed E-state index contributed by atoms with van der Waals surface area (Å²) in [6.07, 6.45) is 2.97. The van der Waals surface area contributed by atoms with Crippen LogP contribution in [-0.2, 0) is 4.79 Å². The van der Waals surface area contributed by atoms with Gasteiger partial charge in [0.25, 0.3) is 0 Å². The van der Waals surface area contributed by atoms with Crippen LogP contribution in [0.2, 0.25) is 15.1 Å². The largest absolute Gasteiger partial charge is 0.354 e. The third kappa shape index (κ3) is 4.11. The lowest BCUT2D eigenvalue weighted by atomic mass is 9.85. The first kappa shape index (κ1) is 25.4. The molecule has 2 aliphatic rings. The van der Waals surface area contributed by atoms with Gasteiger partial charge in [0.05, 0.1) is 11.7 Å². The Labute approximate surface area is 235 Å². The topological polar surface area (TPSA) is 79.2 Å². The minimum Gasteiger partial charge on any atom is -0.354 e. The molecule has 1 N–H and O–H groups in total. The smallest absolute Gasteiger partial charge is 0.241 e. The van der Waals surface area contributed by atoms with Crippen molar-refractivity contribution in [3.05, 3.63) is 63.9 Å². The molecule has 38 heavy (non-hydrogen) atoms. The van der Waals surface area contributed by atoms with Crippen molar-refractivity contribution in [3.63, 3.8) is 0 Å². The van der Waals surface area contributed by atoms with E-state index < -0.39 is 5.54 Å². The summed E-state index contributed by atoms with van der Waals surface area (Å²) in [7, 11) is 0. The highest BCUT2D eigenvalue weighted by Crippen LogP contribution is 2.39. The Bertz CT molecular complexity index is 1530. The number of nitrogens with zero attached hydrogens (tertiary/aromatic N) is 6. The van der Waals surface area contributed by atoms with Gasteiger partial charge in [0.15, 0.2) is 17.0 Å². The summed E-state index contributed by atoms with van der Waals surface area (Å²) in [6, 6.07) is 13.1. The SMILES string of the molecule is CC(C)N1CNC(=O)C12CCN(c1ncnc3c1nc(-c1ccc(Cl)cc1Cl)n3-c1ccc(Cl)cc1)CC2. The first-order chi connectivity index (χ1) is 18.3. The number of amides is 1. The summed E-state index contributed by atoms with van der Waals surface area (Å²) in [5.41, 5.74) is 2.40. The van der Waals surface area contributed by atoms with Gasteiger partial charge in [0.1, 0.15) is 17.7 Å². The number of fused-ring (bicyclic) bond motifs is 1. The zero-order valence-corrected chi connectivity index (χ0v) is 23.2. The van der Waals surface area contributed by atoms with Crippen LogP contribution in [-0.4, -0.2) is 61.7 Å². The number of rotatable bonds is 4. The van der Waals surface area contributed by atoms with Gasteiger partial charge in [-0.25, -0.2) is 15.0 Å². The zero-order valence-electron chi connectivity index (χ0n) is 21.0. The lowest BCUT2D eigenvalue weighted by Crippen LogP contribution is -2.58. The van der Waals surface area contributed by atoms with E-state index in [1.165, 1.54) is 0 Å². The number of aromatic nitrogens is 4. The summed E-state index contributed by atoms with van der Waals surface area (Å²) in [5, 5.41) is 4.71. The summed E-state index contributed by atoms with van der Waals surface area (Å²) in [5.74, 6) is 1.48. The average molecular weight is 571 g/mol. The van der Waals surface area contributed by atoms with Crippen molar-refractivity contribution in [1.29, 1.82) is 0 Å². The molecule has 8 nitrogen and oxygen atoms in total. The Morgan fingerprint density at radius 3 is 2.37 bits per heavy atom. The highest BCUT2D eigenvalue weighted by Gasteiger charge is 2.51. The molecule has 0 unspecified atom stereocenters. The van der Waals surface area contributed by atoms with Crippen LogP contribution in [0.3, 0.4) is 0 Å². The summed E-state index contributed by atoms with van der Waals surface area (Å²) >= 11 is 19.0. The number of nitrogens with one attached hydrogen (secondary N) is 1. The molecular weight excluding hydrogens is 545 g/mol. The van der Waals surface area contributed by atoms with Crippen LogP contribution in [0, 0.1) is 0 Å². The molecule has 0 saturated carbocycles. The molecule has 1 amide bonds. The zero-order chi connectivity index (χ0) is 26.6. The van der Waals surface area contributed by atoms with E-state index in [9.17, 15) is 4.79 Å². The molecule has 2 aromatic heterocycles. The molecule has 4 heterocycles. The highest BCUT2D eigenvalue weighted by atomic mass is 35.5. The summed E-state index contributed by atoms with van der Waals surface area (Å²) < 4.78 is 1.96. The number of carbonyl (C=O) groups is 1. The van der Waals surface area contributed by atoms with E-state index in [1.54, 1.807) is 18.5 Å². The first-order valence-electron chi connectivity index (χ1n) is 12.5. The molecule has 6 rings (SSSR count). The summed E-state index contributed by atoms with van der Waals surface area (Å²) in [4.78, 5) is 31.7. The molecule has 196 valence electrons. The predicted molar refractivity (Wildman–Crippen MR) is 151 cm³/mol. The Morgan fingerprint density at radius 2 is 1.68 bits per heavy atom. The van der Waals surface area contributed by atoms with Crippen LogP contribution in [0.4, 0.5) is 5.82 Å². The molecule has 2 aromatic carbocycles. The normalized spacial score (nSPS) is 17.6. The minimum atomic E-state index is -0.485. The van der Waals surface area contributed by atoms with Crippen LogP contribution in [0.25, 0.3) is 28.2 Å². The molecule has 0 bridgehead atoms. The molecule has 11 heteroatoms. The lowest BCUT2D eigenvalue weighted by Gasteiger charge is -2.44. The highest BCUT2D eigenvalue weighted by molar-refractivity contribution is 6.36. The van der Waals surface area contributed by atoms with E-state index >= 15 is 0 Å². The van der Waals surface area contributed by atoms with Gasteiger partial charge < -0.3 is 10.2 Å². The number of hydrogen-bond donors (Lipinski definition) is 1. The van der Waals surface area contributed by atoms with Crippen molar-refractivity contribution in [2.75, 3.05) is 24.7 Å². The first-order valence-corrected chi connectivity index (χ1v) is 13.7. The molecule has 0 radical (unpaired) electrons. The van der Waals surface area contributed by atoms with E-state index in [0.717, 1.165) is 17.1 Å². The Morgan fingerprint density at radius 1 is 0.974 bits per heavy atom. The van der Waals surface area contributed by atoms with Gasteiger partial charge >= 0.3 is 0 Å². The van der Waals surface area contributed by atoms with Crippen molar-refractivity contribution in [3.8, 4) is 17.1 Å². The maximum absolute atomic E-state index is 12.9. The van der Waals surface area contributed by atoms with Crippen LogP contribution < -0.4 is 10.2 Å². The number of benzene rings is 2. The van der Waals surface area contributed by atoms with Crippen molar-refractivity contribution < 1.29 is 4.79 Å². The summed E-state index contributed by atoms with van der Waals surface area (Å²) in [6.45, 7) is 6.20. The number of hydrogen-bond acceptors (Lipinski definition) is 6. The molecular formula is C27H26Cl3N7O. The van der Waals surface area contributed by atoms with E-state index in [-0.39, 0.29) is 11.9 Å². The van der Waals surface area contributed by atoms with Crippen LogP contribution >= 0.6 is 34.8 Å². The third-order valence-electron chi connectivity index (χ3n) is 7.58. The van der Waals surface area contributed by atoms with Gasteiger partial charge in [-0.05, 0) is 69.2 Å². The monoisotopic (exact) mass is 569 g/mol. The molecule has 2 saturated heterocycles. The fourth-order valence-electron chi connectivity index (χ4n) is 5.68. The van der Waals surface area contributed by atoms with Gasteiger partial charge in [-0.3, -0.25) is 14.3 Å². The second-order valence-corrected chi connectivity index (χ2v) is 11.3. The van der Waals surface area contributed by atoms with Crippen molar-refractivity contribution in [2.24, 2.45) is 0 Å². The number of imidazole rings is 1. The Hall–Kier alpha value is -2.91. The Balaban J connectivity index is 1.45. The molecule has 4 aromatic rings. The van der Waals surface area contributed by atoms with E-state index in [2.05, 4.69) is 38.9 Å². The molecule has 2 aliphatic heterocycles. The number of halogens is 3. The number of piperidine rings is 1. The molecule has 2 fully saturated rings. The van der Waals surface area contributed by atoms with Crippen molar-refractivity contribution in [2.45, 2.75) is 38.3 Å². The molecule has 0 aliphatic carbocycles. The average Bonchev–Trinajstić information content (AvgIpc) is 3.43. The fourth-order valence-corrected chi connectivity index (χ4v) is 6.30.